The maximum atomic E-state index is 11.4. The summed E-state index contributed by atoms with van der Waals surface area (Å²) in [4.78, 5) is 0.109. The van der Waals surface area contributed by atoms with E-state index in [0.717, 1.165) is 17.4 Å². The maximum absolute atomic E-state index is 11.4. The molecule has 1 aromatic carbocycles. The van der Waals surface area contributed by atoms with Gasteiger partial charge in [-0.05, 0) is 19.1 Å². The summed E-state index contributed by atoms with van der Waals surface area (Å²) in [7, 11) is -3.71. The van der Waals surface area contributed by atoms with E-state index in [1.807, 2.05) is 6.92 Å². The van der Waals surface area contributed by atoms with E-state index in [0.29, 0.717) is 0 Å². The molecule has 0 saturated carbocycles. The van der Waals surface area contributed by atoms with Crippen LogP contribution in [0, 0.1) is 6.92 Å². The first-order valence-corrected chi connectivity index (χ1v) is 5.66. The second-order valence-electron chi connectivity index (χ2n) is 2.63. The van der Waals surface area contributed by atoms with E-state index in [-0.39, 0.29) is 4.90 Å². The molecule has 0 N–H and O–H groups in total. The third-order valence-corrected chi connectivity index (χ3v) is 2.86. The van der Waals surface area contributed by atoms with Crippen LogP contribution in [0.3, 0.4) is 0 Å². The lowest BCUT2D eigenvalue weighted by molar-refractivity contribution is 0.444. The first kappa shape index (κ1) is 11.1. The third kappa shape index (κ3) is 2.75. The second kappa shape index (κ2) is 4.48. The first-order chi connectivity index (χ1) is 6.56. The minimum atomic E-state index is -3.71. The molecular formula is C9H9ClO3S. The van der Waals surface area contributed by atoms with Crippen LogP contribution in [0.25, 0.3) is 0 Å². The zero-order valence-electron chi connectivity index (χ0n) is 7.48. The Kier molecular flexibility index (Phi) is 3.55. The summed E-state index contributed by atoms with van der Waals surface area (Å²) in [6.45, 7) is 1.87. The molecule has 0 aliphatic carbocycles. The number of hydrogen-bond donors (Lipinski definition) is 0. The molecule has 0 atom stereocenters. The van der Waals surface area contributed by atoms with Crippen molar-refractivity contribution < 1.29 is 12.6 Å². The molecule has 0 heterocycles. The molecular weight excluding hydrogens is 224 g/mol. The summed E-state index contributed by atoms with van der Waals surface area (Å²) >= 11 is 5.15. The molecule has 0 fully saturated rings. The molecule has 14 heavy (non-hydrogen) atoms. The van der Waals surface area contributed by atoms with Crippen molar-refractivity contribution in [1.29, 1.82) is 0 Å². The molecule has 0 aliphatic heterocycles. The van der Waals surface area contributed by atoms with Gasteiger partial charge in [0.25, 0.3) is 0 Å². The summed E-state index contributed by atoms with van der Waals surface area (Å²) in [6.07, 6.45) is 0.913. The fraction of sp³-hybridized carbons (Fsp3) is 0.111. The Balaban J connectivity index is 2.99. The Hall–Kier alpha value is -1.00. The standard InChI is InChI=1S/C9H9ClO3S/c1-8-2-4-9(5-3-8)14(11,12)13-7-6-10/h2-7H,1H3/b7-6-. The van der Waals surface area contributed by atoms with Crippen molar-refractivity contribution in [3.63, 3.8) is 0 Å². The predicted molar refractivity (Wildman–Crippen MR) is 54.4 cm³/mol. The molecule has 0 bridgehead atoms. The van der Waals surface area contributed by atoms with E-state index in [1.54, 1.807) is 12.1 Å². The topological polar surface area (TPSA) is 43.4 Å². The van der Waals surface area contributed by atoms with Gasteiger partial charge in [0.05, 0.1) is 0 Å². The van der Waals surface area contributed by atoms with Gasteiger partial charge in [0.1, 0.15) is 11.2 Å². The average molecular weight is 233 g/mol. The van der Waals surface area contributed by atoms with Crippen molar-refractivity contribution >= 4 is 21.7 Å². The Morgan fingerprint density at radius 1 is 1.29 bits per heavy atom. The molecule has 0 aromatic heterocycles. The number of aryl methyl sites for hydroxylation is 1. The third-order valence-electron chi connectivity index (χ3n) is 1.54. The van der Waals surface area contributed by atoms with E-state index in [9.17, 15) is 8.42 Å². The van der Waals surface area contributed by atoms with Gasteiger partial charge in [-0.25, -0.2) is 0 Å². The smallest absolute Gasteiger partial charge is 0.338 e. The molecule has 1 rings (SSSR count). The van der Waals surface area contributed by atoms with E-state index < -0.39 is 10.1 Å². The lowest BCUT2D eigenvalue weighted by Crippen LogP contribution is -2.01. The van der Waals surface area contributed by atoms with Gasteiger partial charge < -0.3 is 4.18 Å². The van der Waals surface area contributed by atoms with Crippen LogP contribution in [0.15, 0.2) is 41.0 Å². The first-order valence-electron chi connectivity index (χ1n) is 3.81. The predicted octanol–water partition coefficient (Wildman–Crippen LogP) is 2.41. The van der Waals surface area contributed by atoms with E-state index in [2.05, 4.69) is 4.18 Å². The van der Waals surface area contributed by atoms with Crippen molar-refractivity contribution in [1.82, 2.24) is 0 Å². The van der Waals surface area contributed by atoms with Crippen LogP contribution in [0.2, 0.25) is 0 Å². The van der Waals surface area contributed by atoms with Crippen LogP contribution < -0.4 is 0 Å². The minimum absolute atomic E-state index is 0.109. The van der Waals surface area contributed by atoms with Crippen molar-refractivity contribution in [2.75, 3.05) is 0 Å². The highest BCUT2D eigenvalue weighted by atomic mass is 35.5. The Morgan fingerprint density at radius 2 is 1.86 bits per heavy atom. The molecule has 1 aromatic rings. The molecule has 0 saturated heterocycles. The highest BCUT2D eigenvalue weighted by Gasteiger charge is 2.12. The van der Waals surface area contributed by atoms with Crippen LogP contribution in [0.4, 0.5) is 0 Å². The fourth-order valence-corrected chi connectivity index (χ4v) is 1.75. The van der Waals surface area contributed by atoms with Crippen molar-refractivity contribution in [2.45, 2.75) is 11.8 Å². The van der Waals surface area contributed by atoms with Gasteiger partial charge in [-0.1, -0.05) is 29.3 Å². The quantitative estimate of drug-likeness (QED) is 0.594. The van der Waals surface area contributed by atoms with E-state index in [1.165, 1.54) is 12.1 Å². The second-order valence-corrected chi connectivity index (χ2v) is 4.45. The molecule has 0 radical (unpaired) electrons. The number of halogens is 1. The Labute approximate surface area is 88.1 Å². The van der Waals surface area contributed by atoms with E-state index in [4.69, 9.17) is 11.6 Å². The largest absolute Gasteiger partial charge is 0.386 e. The summed E-state index contributed by atoms with van der Waals surface area (Å²) in [5.74, 6) is 0. The number of benzene rings is 1. The van der Waals surface area contributed by atoms with Crippen molar-refractivity contribution in [2.24, 2.45) is 0 Å². The molecule has 0 amide bonds. The molecule has 3 nitrogen and oxygen atoms in total. The highest BCUT2D eigenvalue weighted by molar-refractivity contribution is 7.86. The summed E-state index contributed by atoms with van der Waals surface area (Å²) < 4.78 is 27.2. The molecule has 5 heteroatoms. The SMILES string of the molecule is Cc1ccc(S(=O)(=O)O/C=C\Cl)cc1. The molecule has 0 aliphatic rings. The van der Waals surface area contributed by atoms with Gasteiger partial charge in [-0.3, -0.25) is 0 Å². The lowest BCUT2D eigenvalue weighted by atomic mass is 10.2. The number of hydrogen-bond acceptors (Lipinski definition) is 3. The van der Waals surface area contributed by atoms with Gasteiger partial charge in [0.2, 0.25) is 0 Å². The van der Waals surface area contributed by atoms with Gasteiger partial charge in [-0.15, -0.1) is 0 Å². The van der Waals surface area contributed by atoms with Crippen molar-refractivity contribution in [3.8, 4) is 0 Å². The number of rotatable bonds is 3. The molecule has 76 valence electrons. The average Bonchev–Trinajstić information content (AvgIpc) is 2.16. The van der Waals surface area contributed by atoms with Crippen LogP contribution in [0.1, 0.15) is 5.56 Å². The zero-order valence-corrected chi connectivity index (χ0v) is 9.05. The van der Waals surface area contributed by atoms with Crippen LogP contribution in [0.5, 0.6) is 0 Å². The fourth-order valence-electron chi connectivity index (χ4n) is 0.855. The zero-order chi connectivity index (χ0) is 10.6. The van der Waals surface area contributed by atoms with Gasteiger partial charge in [0, 0.05) is 5.54 Å². The van der Waals surface area contributed by atoms with Crippen LogP contribution in [-0.2, 0) is 14.3 Å². The minimum Gasteiger partial charge on any atom is -0.386 e. The molecule has 0 unspecified atom stereocenters. The molecule has 0 spiro atoms. The van der Waals surface area contributed by atoms with Gasteiger partial charge >= 0.3 is 10.1 Å². The van der Waals surface area contributed by atoms with Gasteiger partial charge in [-0.2, -0.15) is 8.42 Å². The summed E-state index contributed by atoms with van der Waals surface area (Å²) in [6, 6.07) is 6.35. The summed E-state index contributed by atoms with van der Waals surface area (Å²) in [5, 5.41) is 0. The highest BCUT2D eigenvalue weighted by Crippen LogP contribution is 2.13. The Bertz CT molecular complexity index is 420. The monoisotopic (exact) mass is 232 g/mol. The maximum Gasteiger partial charge on any atom is 0.338 e. The van der Waals surface area contributed by atoms with Crippen LogP contribution in [-0.4, -0.2) is 8.42 Å². The van der Waals surface area contributed by atoms with Crippen LogP contribution >= 0.6 is 11.6 Å². The normalized spacial score (nSPS) is 11.9. The lowest BCUT2D eigenvalue weighted by Gasteiger charge is -2.02. The van der Waals surface area contributed by atoms with Crippen molar-refractivity contribution in [3.05, 3.63) is 41.6 Å². The summed E-state index contributed by atoms with van der Waals surface area (Å²) in [5.41, 5.74) is 1.97. The Morgan fingerprint density at radius 3 is 2.36 bits per heavy atom. The van der Waals surface area contributed by atoms with E-state index >= 15 is 0 Å². The van der Waals surface area contributed by atoms with Gasteiger partial charge in [0.15, 0.2) is 0 Å².